The van der Waals surface area contributed by atoms with Crippen LogP contribution in [0.4, 0.5) is 0 Å². The highest BCUT2D eigenvalue weighted by Crippen LogP contribution is 2.00. The molecule has 0 saturated heterocycles. The summed E-state index contributed by atoms with van der Waals surface area (Å²) >= 11 is 0. The smallest absolute Gasteiger partial charge is 0.356 e. The van der Waals surface area contributed by atoms with E-state index in [1.54, 1.807) is 0 Å². The lowest BCUT2D eigenvalue weighted by atomic mass is 10.3. The molecule has 0 aliphatic carbocycles. The van der Waals surface area contributed by atoms with Gasteiger partial charge in [0.25, 0.3) is 5.91 Å². The molecule has 10 nitrogen and oxygen atoms in total. The Labute approximate surface area is 118 Å². The number of aromatic carboxylic acids is 1. The van der Waals surface area contributed by atoms with Crippen molar-refractivity contribution in [1.82, 2.24) is 31.0 Å². The predicted molar refractivity (Wildman–Crippen MR) is 68.6 cm³/mol. The molecule has 0 aliphatic rings. The predicted octanol–water partition coefficient (Wildman–Crippen LogP) is -1.14. The van der Waals surface area contributed by atoms with Gasteiger partial charge in [-0.25, -0.2) is 10.2 Å². The summed E-state index contributed by atoms with van der Waals surface area (Å²) in [5.74, 6) is -1.84. The SMILES string of the molecule is NC(NNC(=O)c1ccc(C(=O)O)nn1)c1cnccn1. The molecule has 2 rings (SSSR count). The molecule has 1 amide bonds. The number of nitrogens with zero attached hydrogens (tertiary/aromatic N) is 4. The van der Waals surface area contributed by atoms with Crippen molar-refractivity contribution in [2.45, 2.75) is 6.17 Å². The van der Waals surface area contributed by atoms with Gasteiger partial charge in [-0.05, 0) is 12.1 Å². The van der Waals surface area contributed by atoms with Crippen LogP contribution in [0.3, 0.4) is 0 Å². The number of aromatic nitrogens is 4. The van der Waals surface area contributed by atoms with Crippen molar-refractivity contribution in [3.63, 3.8) is 0 Å². The lowest BCUT2D eigenvalue weighted by Crippen LogP contribution is -2.44. The van der Waals surface area contributed by atoms with Crippen molar-refractivity contribution in [3.05, 3.63) is 47.8 Å². The Hall–Kier alpha value is -2.98. The highest BCUT2D eigenvalue weighted by molar-refractivity contribution is 5.92. The number of nitrogens with one attached hydrogen (secondary N) is 2. The number of carbonyl (C=O) groups excluding carboxylic acids is 1. The summed E-state index contributed by atoms with van der Waals surface area (Å²) in [4.78, 5) is 30.2. The Balaban J connectivity index is 1.94. The molecule has 2 aromatic rings. The number of hydrazine groups is 1. The lowest BCUT2D eigenvalue weighted by molar-refractivity contribution is 0.0688. The molecule has 0 aromatic carbocycles. The van der Waals surface area contributed by atoms with Crippen LogP contribution in [-0.4, -0.2) is 37.1 Å². The maximum Gasteiger partial charge on any atom is 0.356 e. The van der Waals surface area contributed by atoms with Crippen molar-refractivity contribution in [2.75, 3.05) is 0 Å². The molecule has 0 saturated carbocycles. The Morgan fingerprint density at radius 3 is 2.48 bits per heavy atom. The standard InChI is InChI=1S/C11H11N7O3/c12-9(8-5-13-3-4-14-8)17-18-10(19)6-1-2-7(11(20)21)16-15-6/h1-5,9,17H,12H2,(H,18,19)(H,20,21). The molecule has 0 radical (unpaired) electrons. The number of amides is 1. The zero-order valence-electron chi connectivity index (χ0n) is 10.6. The van der Waals surface area contributed by atoms with Crippen LogP contribution < -0.4 is 16.6 Å². The minimum absolute atomic E-state index is 0.0566. The summed E-state index contributed by atoms with van der Waals surface area (Å²) in [6, 6.07) is 2.41. The summed E-state index contributed by atoms with van der Waals surface area (Å²) in [6.45, 7) is 0. The third kappa shape index (κ3) is 3.75. The van der Waals surface area contributed by atoms with Crippen LogP contribution >= 0.6 is 0 Å². The molecule has 0 aliphatic heterocycles. The second-order valence-electron chi connectivity index (χ2n) is 3.82. The first-order chi connectivity index (χ1) is 10.1. The van der Waals surface area contributed by atoms with Crippen LogP contribution in [0.5, 0.6) is 0 Å². The van der Waals surface area contributed by atoms with E-state index < -0.39 is 18.0 Å². The molecule has 108 valence electrons. The van der Waals surface area contributed by atoms with Crippen molar-refractivity contribution in [2.24, 2.45) is 5.73 Å². The fraction of sp³-hybridized carbons (Fsp3) is 0.0909. The highest BCUT2D eigenvalue weighted by atomic mass is 16.4. The fourth-order valence-corrected chi connectivity index (χ4v) is 1.32. The quantitative estimate of drug-likeness (QED) is 0.394. The van der Waals surface area contributed by atoms with E-state index in [1.807, 2.05) is 0 Å². The van der Waals surface area contributed by atoms with Gasteiger partial charge in [0, 0.05) is 12.4 Å². The third-order valence-corrected chi connectivity index (χ3v) is 2.36. The van der Waals surface area contributed by atoms with Gasteiger partial charge in [-0.3, -0.25) is 20.2 Å². The molecule has 10 heteroatoms. The monoisotopic (exact) mass is 289 g/mol. The van der Waals surface area contributed by atoms with Gasteiger partial charge in [0.2, 0.25) is 0 Å². The minimum atomic E-state index is -1.22. The number of carboxylic acid groups (broad SMARTS) is 1. The zero-order chi connectivity index (χ0) is 15.2. The summed E-state index contributed by atoms with van der Waals surface area (Å²) < 4.78 is 0. The van der Waals surface area contributed by atoms with Crippen molar-refractivity contribution >= 4 is 11.9 Å². The molecular formula is C11H11N7O3. The molecule has 2 heterocycles. The average Bonchev–Trinajstić information content (AvgIpc) is 2.53. The maximum atomic E-state index is 11.7. The highest BCUT2D eigenvalue weighted by Gasteiger charge is 2.13. The molecule has 1 unspecified atom stereocenters. The van der Waals surface area contributed by atoms with E-state index in [0.29, 0.717) is 5.69 Å². The number of carboxylic acids is 1. The summed E-state index contributed by atoms with van der Waals surface area (Å²) in [6.07, 6.45) is 3.66. The van der Waals surface area contributed by atoms with Crippen molar-refractivity contribution in [3.8, 4) is 0 Å². The van der Waals surface area contributed by atoms with E-state index >= 15 is 0 Å². The van der Waals surface area contributed by atoms with Crippen LogP contribution in [-0.2, 0) is 0 Å². The lowest BCUT2D eigenvalue weighted by Gasteiger charge is -2.13. The molecule has 1 atom stereocenters. The Morgan fingerprint density at radius 2 is 1.90 bits per heavy atom. The van der Waals surface area contributed by atoms with Crippen LogP contribution in [0.15, 0.2) is 30.7 Å². The first-order valence-corrected chi connectivity index (χ1v) is 5.72. The second kappa shape index (κ2) is 6.45. The first-order valence-electron chi connectivity index (χ1n) is 5.72. The van der Waals surface area contributed by atoms with E-state index in [4.69, 9.17) is 10.8 Å². The van der Waals surface area contributed by atoms with Gasteiger partial charge in [0.15, 0.2) is 11.4 Å². The van der Waals surface area contributed by atoms with Crippen LogP contribution in [0, 0.1) is 0 Å². The number of nitrogens with two attached hydrogens (primary N) is 1. The van der Waals surface area contributed by atoms with Crippen LogP contribution in [0.25, 0.3) is 0 Å². The van der Waals surface area contributed by atoms with E-state index in [0.717, 1.165) is 0 Å². The molecular weight excluding hydrogens is 278 g/mol. The van der Waals surface area contributed by atoms with E-state index in [2.05, 4.69) is 31.0 Å². The molecule has 0 fully saturated rings. The largest absolute Gasteiger partial charge is 0.476 e. The molecule has 21 heavy (non-hydrogen) atoms. The molecule has 2 aromatic heterocycles. The van der Waals surface area contributed by atoms with Gasteiger partial charge >= 0.3 is 5.97 Å². The molecule has 0 bridgehead atoms. The van der Waals surface area contributed by atoms with Crippen molar-refractivity contribution < 1.29 is 14.7 Å². The van der Waals surface area contributed by atoms with E-state index in [-0.39, 0.29) is 11.4 Å². The molecule has 0 spiro atoms. The fourth-order valence-electron chi connectivity index (χ4n) is 1.32. The second-order valence-corrected chi connectivity index (χ2v) is 3.82. The Kier molecular flexibility index (Phi) is 4.43. The Bertz CT molecular complexity index is 632. The number of hydrogen-bond acceptors (Lipinski definition) is 8. The van der Waals surface area contributed by atoms with Gasteiger partial charge < -0.3 is 10.8 Å². The van der Waals surface area contributed by atoms with Crippen LogP contribution in [0.1, 0.15) is 32.8 Å². The normalized spacial score (nSPS) is 11.7. The summed E-state index contributed by atoms with van der Waals surface area (Å²) in [5.41, 5.74) is 10.7. The zero-order valence-corrected chi connectivity index (χ0v) is 10.6. The van der Waals surface area contributed by atoms with Gasteiger partial charge in [-0.1, -0.05) is 0 Å². The van der Waals surface area contributed by atoms with Gasteiger partial charge in [0.05, 0.1) is 11.9 Å². The Morgan fingerprint density at radius 1 is 1.19 bits per heavy atom. The number of carbonyl (C=O) groups is 2. The molecule has 5 N–H and O–H groups in total. The van der Waals surface area contributed by atoms with E-state index in [9.17, 15) is 9.59 Å². The van der Waals surface area contributed by atoms with Crippen molar-refractivity contribution in [1.29, 1.82) is 0 Å². The number of hydrogen-bond donors (Lipinski definition) is 4. The first kappa shape index (κ1) is 14.4. The number of rotatable bonds is 5. The topological polar surface area (TPSA) is 156 Å². The minimum Gasteiger partial charge on any atom is -0.476 e. The van der Waals surface area contributed by atoms with Gasteiger partial charge in [0.1, 0.15) is 6.17 Å². The van der Waals surface area contributed by atoms with E-state index in [1.165, 1.54) is 30.7 Å². The summed E-state index contributed by atoms with van der Waals surface area (Å²) in [7, 11) is 0. The van der Waals surface area contributed by atoms with Crippen LogP contribution in [0.2, 0.25) is 0 Å². The maximum absolute atomic E-state index is 11.7. The summed E-state index contributed by atoms with van der Waals surface area (Å²) in [5, 5.41) is 15.6. The third-order valence-electron chi connectivity index (χ3n) is 2.36. The van der Waals surface area contributed by atoms with Gasteiger partial charge in [-0.2, -0.15) is 0 Å². The van der Waals surface area contributed by atoms with Gasteiger partial charge in [-0.15, -0.1) is 10.2 Å². The average molecular weight is 289 g/mol.